The number of thiazole rings is 1. The Labute approximate surface area is 162 Å². The standard InChI is InChI=1S/C22H16N4S/c1-16-5-2-3-7-21(16)26(19-10-8-17(13-23)9-11-19)22-25-20(15-27-22)18-6-4-12-24-14-18/h2-12,14-15H,1H3. The monoisotopic (exact) mass is 368 g/mol. The lowest BCUT2D eigenvalue weighted by Gasteiger charge is -2.24. The van der Waals surface area contributed by atoms with Gasteiger partial charge in [0.2, 0.25) is 0 Å². The number of para-hydroxylation sites is 1. The molecule has 4 rings (SSSR count). The van der Waals surface area contributed by atoms with E-state index in [-0.39, 0.29) is 0 Å². The third-order valence-electron chi connectivity index (χ3n) is 4.25. The van der Waals surface area contributed by atoms with E-state index in [4.69, 9.17) is 10.2 Å². The van der Waals surface area contributed by atoms with Crippen LogP contribution in [-0.2, 0) is 0 Å². The summed E-state index contributed by atoms with van der Waals surface area (Å²) < 4.78 is 0. The summed E-state index contributed by atoms with van der Waals surface area (Å²) in [5.41, 5.74) is 5.71. The van der Waals surface area contributed by atoms with Crippen LogP contribution in [0.3, 0.4) is 0 Å². The number of hydrogen-bond acceptors (Lipinski definition) is 5. The number of aromatic nitrogens is 2. The highest BCUT2D eigenvalue weighted by molar-refractivity contribution is 7.14. The molecule has 0 bridgehead atoms. The second kappa shape index (κ2) is 7.40. The maximum Gasteiger partial charge on any atom is 0.195 e. The molecule has 2 aromatic heterocycles. The topological polar surface area (TPSA) is 52.8 Å². The summed E-state index contributed by atoms with van der Waals surface area (Å²) in [7, 11) is 0. The largest absolute Gasteiger partial charge is 0.286 e. The fourth-order valence-electron chi connectivity index (χ4n) is 2.87. The van der Waals surface area contributed by atoms with Crippen LogP contribution in [0.15, 0.2) is 78.4 Å². The summed E-state index contributed by atoms with van der Waals surface area (Å²) in [4.78, 5) is 11.2. The molecule has 5 heteroatoms. The minimum atomic E-state index is 0.638. The van der Waals surface area contributed by atoms with Crippen LogP contribution in [0, 0.1) is 18.3 Å². The molecule has 4 aromatic rings. The molecule has 0 unspecified atom stereocenters. The fraction of sp³-hybridized carbons (Fsp3) is 0.0455. The van der Waals surface area contributed by atoms with Gasteiger partial charge in [-0.2, -0.15) is 5.26 Å². The smallest absolute Gasteiger partial charge is 0.195 e. The lowest BCUT2D eigenvalue weighted by Crippen LogP contribution is -2.11. The zero-order valence-corrected chi connectivity index (χ0v) is 15.5. The molecule has 0 spiro atoms. The molecular formula is C22H16N4S. The number of nitriles is 1. The average Bonchev–Trinajstić information content (AvgIpc) is 3.21. The van der Waals surface area contributed by atoms with Crippen LogP contribution in [0.5, 0.6) is 0 Å². The normalized spacial score (nSPS) is 10.4. The van der Waals surface area contributed by atoms with Crippen LogP contribution in [-0.4, -0.2) is 9.97 Å². The van der Waals surface area contributed by atoms with Crippen LogP contribution in [0.4, 0.5) is 16.5 Å². The van der Waals surface area contributed by atoms with Gasteiger partial charge in [-0.3, -0.25) is 9.88 Å². The molecule has 0 aliphatic rings. The molecule has 0 aliphatic carbocycles. The van der Waals surface area contributed by atoms with Crippen LogP contribution >= 0.6 is 11.3 Å². The number of benzene rings is 2. The van der Waals surface area contributed by atoms with Crippen molar-refractivity contribution in [1.82, 2.24) is 9.97 Å². The van der Waals surface area contributed by atoms with E-state index in [2.05, 4.69) is 35.0 Å². The fourth-order valence-corrected chi connectivity index (χ4v) is 3.73. The van der Waals surface area contributed by atoms with E-state index in [1.807, 2.05) is 60.1 Å². The molecule has 27 heavy (non-hydrogen) atoms. The number of rotatable bonds is 4. The first-order chi connectivity index (χ1) is 13.3. The first-order valence-corrected chi connectivity index (χ1v) is 9.36. The quantitative estimate of drug-likeness (QED) is 0.453. The molecule has 0 fully saturated rings. The van der Waals surface area contributed by atoms with Gasteiger partial charge in [0.25, 0.3) is 0 Å². The molecule has 0 saturated heterocycles. The summed E-state index contributed by atoms with van der Waals surface area (Å²) in [6, 6.07) is 21.9. The van der Waals surface area contributed by atoms with Crippen molar-refractivity contribution in [2.45, 2.75) is 6.92 Å². The number of pyridine rings is 1. The first-order valence-electron chi connectivity index (χ1n) is 8.48. The minimum absolute atomic E-state index is 0.638. The lowest BCUT2D eigenvalue weighted by molar-refractivity contribution is 1.21. The Hall–Kier alpha value is -3.49. The molecule has 0 amide bonds. The van der Waals surface area contributed by atoms with Crippen molar-refractivity contribution < 1.29 is 0 Å². The summed E-state index contributed by atoms with van der Waals surface area (Å²) in [5, 5.41) is 12.0. The van der Waals surface area contributed by atoms with Crippen molar-refractivity contribution in [1.29, 1.82) is 5.26 Å². The number of aryl methyl sites for hydroxylation is 1. The average molecular weight is 368 g/mol. The van der Waals surface area contributed by atoms with Gasteiger partial charge >= 0.3 is 0 Å². The van der Waals surface area contributed by atoms with E-state index in [1.54, 1.807) is 17.5 Å². The van der Waals surface area contributed by atoms with Crippen molar-refractivity contribution in [3.63, 3.8) is 0 Å². The van der Waals surface area contributed by atoms with E-state index in [0.717, 1.165) is 33.3 Å². The van der Waals surface area contributed by atoms with Gasteiger partial charge in [-0.05, 0) is 55.0 Å². The van der Waals surface area contributed by atoms with Crippen LogP contribution in [0.2, 0.25) is 0 Å². The van der Waals surface area contributed by atoms with Crippen molar-refractivity contribution in [2.24, 2.45) is 0 Å². The van der Waals surface area contributed by atoms with Gasteiger partial charge in [-0.25, -0.2) is 4.98 Å². The molecular weight excluding hydrogens is 352 g/mol. The van der Waals surface area contributed by atoms with Crippen LogP contribution < -0.4 is 4.90 Å². The third-order valence-corrected chi connectivity index (χ3v) is 5.08. The second-order valence-electron chi connectivity index (χ2n) is 6.04. The highest BCUT2D eigenvalue weighted by Gasteiger charge is 2.18. The SMILES string of the molecule is Cc1ccccc1N(c1ccc(C#N)cc1)c1nc(-c2cccnc2)cs1. The van der Waals surface area contributed by atoms with Gasteiger partial charge in [0, 0.05) is 29.0 Å². The number of hydrogen-bond donors (Lipinski definition) is 0. The zero-order chi connectivity index (χ0) is 18.6. The highest BCUT2D eigenvalue weighted by atomic mass is 32.1. The Bertz CT molecular complexity index is 1100. The zero-order valence-electron chi connectivity index (χ0n) is 14.7. The summed E-state index contributed by atoms with van der Waals surface area (Å²) >= 11 is 1.58. The molecule has 0 radical (unpaired) electrons. The molecule has 0 N–H and O–H groups in total. The Balaban J connectivity index is 1.82. The molecule has 4 nitrogen and oxygen atoms in total. The molecule has 0 atom stereocenters. The van der Waals surface area contributed by atoms with Crippen LogP contribution in [0.25, 0.3) is 11.3 Å². The second-order valence-corrected chi connectivity index (χ2v) is 6.87. The van der Waals surface area contributed by atoms with Crippen molar-refractivity contribution in [2.75, 3.05) is 4.90 Å². The minimum Gasteiger partial charge on any atom is -0.286 e. The Morgan fingerprint density at radius 2 is 1.81 bits per heavy atom. The van der Waals surface area contributed by atoms with E-state index in [0.29, 0.717) is 5.56 Å². The van der Waals surface area contributed by atoms with E-state index in [1.165, 1.54) is 0 Å². The Morgan fingerprint density at radius 3 is 2.52 bits per heavy atom. The maximum atomic E-state index is 9.09. The maximum absolute atomic E-state index is 9.09. The number of nitrogens with zero attached hydrogens (tertiary/aromatic N) is 4. The Kier molecular flexibility index (Phi) is 4.65. The van der Waals surface area contributed by atoms with Gasteiger partial charge in [-0.1, -0.05) is 18.2 Å². The Morgan fingerprint density at radius 1 is 1.00 bits per heavy atom. The third kappa shape index (κ3) is 3.43. The van der Waals surface area contributed by atoms with Gasteiger partial charge in [0.1, 0.15) is 0 Å². The summed E-state index contributed by atoms with van der Waals surface area (Å²) in [6.45, 7) is 2.08. The molecule has 0 aliphatic heterocycles. The van der Waals surface area contributed by atoms with Gasteiger partial charge in [-0.15, -0.1) is 11.3 Å². The van der Waals surface area contributed by atoms with E-state index >= 15 is 0 Å². The lowest BCUT2D eigenvalue weighted by atomic mass is 10.1. The van der Waals surface area contributed by atoms with E-state index in [9.17, 15) is 0 Å². The summed E-state index contributed by atoms with van der Waals surface area (Å²) in [5.74, 6) is 0. The molecule has 2 heterocycles. The molecule has 2 aromatic carbocycles. The number of anilines is 3. The van der Waals surface area contributed by atoms with Gasteiger partial charge in [0.15, 0.2) is 5.13 Å². The molecule has 130 valence electrons. The van der Waals surface area contributed by atoms with Crippen molar-refractivity contribution >= 4 is 27.8 Å². The van der Waals surface area contributed by atoms with Crippen LogP contribution in [0.1, 0.15) is 11.1 Å². The predicted molar refractivity (Wildman–Crippen MR) is 109 cm³/mol. The highest BCUT2D eigenvalue weighted by Crippen LogP contribution is 2.39. The van der Waals surface area contributed by atoms with Gasteiger partial charge < -0.3 is 0 Å². The van der Waals surface area contributed by atoms with Gasteiger partial charge in [0.05, 0.1) is 23.0 Å². The van der Waals surface area contributed by atoms with Crippen molar-refractivity contribution in [3.8, 4) is 17.3 Å². The summed E-state index contributed by atoms with van der Waals surface area (Å²) in [6.07, 6.45) is 3.58. The van der Waals surface area contributed by atoms with Crippen molar-refractivity contribution in [3.05, 3.63) is 89.6 Å². The van der Waals surface area contributed by atoms with E-state index < -0.39 is 0 Å². The first kappa shape index (κ1) is 17.0. The predicted octanol–water partition coefficient (Wildman–Crippen LogP) is 5.86. The molecule has 0 saturated carbocycles.